The number of carbonyl (C=O) groups excluding carboxylic acids is 1. The number of hydrogen-bond donors (Lipinski definition) is 1. The van der Waals surface area contributed by atoms with Crippen molar-refractivity contribution in [3.63, 3.8) is 0 Å². The van der Waals surface area contributed by atoms with Gasteiger partial charge in [-0.2, -0.15) is 11.8 Å². The van der Waals surface area contributed by atoms with Crippen molar-refractivity contribution < 1.29 is 4.79 Å². The van der Waals surface area contributed by atoms with Crippen LogP contribution >= 0.6 is 36.6 Å². The number of carbonyl (C=O) groups is 1. The summed E-state index contributed by atoms with van der Waals surface area (Å²) in [5.74, 6) is 2.39. The maximum absolute atomic E-state index is 12.7. The fourth-order valence-corrected chi connectivity index (χ4v) is 3.33. The van der Waals surface area contributed by atoms with E-state index in [9.17, 15) is 4.79 Å². The summed E-state index contributed by atoms with van der Waals surface area (Å²) in [6.45, 7) is 2.61. The molecule has 1 aromatic carbocycles. The number of anilines is 1. The highest BCUT2D eigenvalue weighted by Crippen LogP contribution is 2.17. The molecule has 1 amide bonds. The zero-order valence-electron chi connectivity index (χ0n) is 13.7. The number of amides is 1. The topological polar surface area (TPSA) is 35.6 Å². The molecule has 1 saturated heterocycles. The van der Waals surface area contributed by atoms with E-state index in [0.717, 1.165) is 36.8 Å². The van der Waals surface area contributed by atoms with Crippen molar-refractivity contribution in [1.82, 2.24) is 10.2 Å². The number of para-hydroxylation sites is 1. The molecule has 1 aromatic rings. The highest BCUT2D eigenvalue weighted by Gasteiger charge is 2.21. The minimum absolute atomic E-state index is 0. The van der Waals surface area contributed by atoms with Crippen molar-refractivity contribution >= 4 is 48.2 Å². The second kappa shape index (κ2) is 12.0. The molecule has 2 rings (SSSR count). The first kappa shape index (κ1) is 22.5. The molecule has 0 spiro atoms. The second-order valence-electron chi connectivity index (χ2n) is 5.61. The van der Waals surface area contributed by atoms with Gasteiger partial charge >= 0.3 is 0 Å². The van der Waals surface area contributed by atoms with Crippen LogP contribution in [0, 0.1) is 0 Å². The lowest BCUT2D eigenvalue weighted by molar-refractivity contribution is -0.119. The molecule has 1 atom stereocenters. The van der Waals surface area contributed by atoms with Crippen molar-refractivity contribution in [2.45, 2.75) is 12.5 Å². The molecule has 0 bridgehead atoms. The average Bonchev–Trinajstić information content (AvgIpc) is 2.49. The predicted octanol–water partition coefficient (Wildman–Crippen LogP) is 2.52. The quantitative estimate of drug-likeness (QED) is 0.823. The lowest BCUT2D eigenvalue weighted by Crippen LogP contribution is -2.44. The fourth-order valence-electron chi connectivity index (χ4n) is 2.38. The number of hydrogen-bond acceptors (Lipinski definition) is 4. The van der Waals surface area contributed by atoms with Crippen LogP contribution in [0.2, 0.25) is 0 Å². The molecule has 7 heteroatoms. The van der Waals surface area contributed by atoms with Gasteiger partial charge in [0.15, 0.2) is 0 Å². The normalized spacial score (nSPS) is 17.1. The number of nitrogens with zero attached hydrogens (tertiary/aromatic N) is 2. The molecule has 132 valence electrons. The zero-order valence-corrected chi connectivity index (χ0v) is 16.2. The Morgan fingerprint density at radius 2 is 1.91 bits per heavy atom. The van der Waals surface area contributed by atoms with E-state index in [4.69, 9.17) is 0 Å². The highest BCUT2D eigenvalue weighted by atomic mass is 35.5. The minimum Gasteiger partial charge on any atom is -0.312 e. The van der Waals surface area contributed by atoms with E-state index in [1.165, 1.54) is 0 Å². The first-order valence-electron chi connectivity index (χ1n) is 7.48. The van der Waals surface area contributed by atoms with Gasteiger partial charge in [-0.15, -0.1) is 24.8 Å². The Morgan fingerprint density at radius 1 is 1.22 bits per heavy atom. The van der Waals surface area contributed by atoms with Crippen molar-refractivity contribution in [1.29, 1.82) is 0 Å². The molecule has 4 nitrogen and oxygen atoms in total. The molecular formula is C16H27Cl2N3OS. The third kappa shape index (κ3) is 7.77. The van der Waals surface area contributed by atoms with Crippen LogP contribution in [0.1, 0.15) is 6.42 Å². The van der Waals surface area contributed by atoms with E-state index < -0.39 is 0 Å². The van der Waals surface area contributed by atoms with Crippen LogP contribution in [0.4, 0.5) is 5.69 Å². The fraction of sp³-hybridized carbons (Fsp3) is 0.562. The summed E-state index contributed by atoms with van der Waals surface area (Å²) < 4.78 is 0. The van der Waals surface area contributed by atoms with Gasteiger partial charge < -0.3 is 15.1 Å². The molecule has 1 N–H and O–H groups in total. The van der Waals surface area contributed by atoms with Crippen LogP contribution in [0.5, 0.6) is 0 Å². The van der Waals surface area contributed by atoms with Gasteiger partial charge in [0.2, 0.25) is 5.91 Å². The average molecular weight is 380 g/mol. The maximum atomic E-state index is 12.7. The standard InChI is InChI=1S/C16H25N3OS.2ClH/c1-18(2)9-10-19(15-6-4-3-5-7-15)16(20)12-14-13-21-11-8-17-14;;/h3-7,14,17H,8-13H2,1-2H3;2*1H. The van der Waals surface area contributed by atoms with Gasteiger partial charge in [0, 0.05) is 49.3 Å². The summed E-state index contributed by atoms with van der Waals surface area (Å²) in [7, 11) is 4.07. The Bertz CT molecular complexity index is 442. The van der Waals surface area contributed by atoms with Crippen LogP contribution in [0.25, 0.3) is 0 Å². The third-order valence-corrected chi connectivity index (χ3v) is 4.69. The Kier molecular flexibility index (Phi) is 11.7. The zero-order chi connectivity index (χ0) is 15.1. The van der Waals surface area contributed by atoms with Crippen LogP contribution in [-0.2, 0) is 4.79 Å². The summed E-state index contributed by atoms with van der Waals surface area (Å²) in [5.41, 5.74) is 0.993. The van der Waals surface area contributed by atoms with Gasteiger partial charge in [0.05, 0.1) is 0 Å². The van der Waals surface area contributed by atoms with Crippen molar-refractivity contribution in [2.75, 3.05) is 50.1 Å². The second-order valence-corrected chi connectivity index (χ2v) is 6.76. The predicted molar refractivity (Wildman–Crippen MR) is 106 cm³/mol. The van der Waals surface area contributed by atoms with E-state index in [1.807, 2.05) is 61.1 Å². The summed E-state index contributed by atoms with van der Waals surface area (Å²) in [4.78, 5) is 16.7. The molecular weight excluding hydrogens is 353 g/mol. The van der Waals surface area contributed by atoms with Gasteiger partial charge in [-0.3, -0.25) is 4.79 Å². The van der Waals surface area contributed by atoms with Crippen LogP contribution in [0.3, 0.4) is 0 Å². The van der Waals surface area contributed by atoms with E-state index in [2.05, 4.69) is 10.2 Å². The Labute approximate surface area is 156 Å². The summed E-state index contributed by atoms with van der Waals surface area (Å²) in [6.07, 6.45) is 0.579. The maximum Gasteiger partial charge on any atom is 0.228 e. The van der Waals surface area contributed by atoms with Crippen LogP contribution < -0.4 is 10.2 Å². The number of thioether (sulfide) groups is 1. The van der Waals surface area contributed by atoms with Crippen LogP contribution in [-0.4, -0.2) is 62.1 Å². The third-order valence-electron chi connectivity index (χ3n) is 3.56. The molecule has 1 unspecified atom stereocenters. The lowest BCUT2D eigenvalue weighted by atomic mass is 10.2. The van der Waals surface area contributed by atoms with E-state index in [1.54, 1.807) is 0 Å². The smallest absolute Gasteiger partial charge is 0.228 e. The summed E-state index contributed by atoms with van der Waals surface area (Å²) in [6, 6.07) is 10.3. The van der Waals surface area contributed by atoms with E-state index in [-0.39, 0.29) is 30.7 Å². The summed E-state index contributed by atoms with van der Waals surface area (Å²) >= 11 is 1.93. The van der Waals surface area contributed by atoms with Crippen molar-refractivity contribution in [3.05, 3.63) is 30.3 Å². The Morgan fingerprint density at radius 3 is 2.48 bits per heavy atom. The number of rotatable bonds is 6. The minimum atomic E-state index is 0. The molecule has 0 aromatic heterocycles. The van der Waals surface area contributed by atoms with Gasteiger partial charge in [-0.25, -0.2) is 0 Å². The van der Waals surface area contributed by atoms with E-state index in [0.29, 0.717) is 12.5 Å². The number of nitrogens with one attached hydrogen (secondary N) is 1. The monoisotopic (exact) mass is 379 g/mol. The number of likely N-dealkylation sites (N-methyl/N-ethyl adjacent to an activating group) is 1. The van der Waals surface area contributed by atoms with Gasteiger partial charge in [0.1, 0.15) is 0 Å². The van der Waals surface area contributed by atoms with Crippen LogP contribution in [0.15, 0.2) is 30.3 Å². The molecule has 23 heavy (non-hydrogen) atoms. The number of benzene rings is 1. The molecule has 0 saturated carbocycles. The summed E-state index contributed by atoms with van der Waals surface area (Å²) in [5, 5.41) is 3.44. The molecule has 0 radical (unpaired) electrons. The van der Waals surface area contributed by atoms with Gasteiger partial charge in [-0.1, -0.05) is 18.2 Å². The first-order chi connectivity index (χ1) is 10.2. The van der Waals surface area contributed by atoms with Gasteiger partial charge in [0.25, 0.3) is 0 Å². The van der Waals surface area contributed by atoms with Crippen molar-refractivity contribution in [3.8, 4) is 0 Å². The SMILES string of the molecule is CN(C)CCN(C(=O)CC1CSCCN1)c1ccccc1.Cl.Cl. The molecule has 1 aliphatic rings. The molecule has 0 aliphatic carbocycles. The Hall–Kier alpha value is -0.460. The van der Waals surface area contributed by atoms with Crippen molar-refractivity contribution in [2.24, 2.45) is 0 Å². The van der Waals surface area contributed by atoms with Gasteiger partial charge in [-0.05, 0) is 26.2 Å². The first-order valence-corrected chi connectivity index (χ1v) is 8.63. The highest BCUT2D eigenvalue weighted by molar-refractivity contribution is 7.99. The molecule has 1 heterocycles. The number of halogens is 2. The lowest BCUT2D eigenvalue weighted by Gasteiger charge is -2.28. The molecule has 1 aliphatic heterocycles. The largest absolute Gasteiger partial charge is 0.312 e. The molecule has 1 fully saturated rings. The Balaban J connectivity index is 0.00000242. The van der Waals surface area contributed by atoms with E-state index >= 15 is 0 Å².